The molecule has 3 atom stereocenters. The first-order chi connectivity index (χ1) is 23.0. The summed E-state index contributed by atoms with van der Waals surface area (Å²) in [7, 11) is 0. The lowest BCUT2D eigenvalue weighted by Gasteiger charge is -2.24. The van der Waals surface area contributed by atoms with Crippen LogP contribution in [0.15, 0.2) is 104 Å². The first-order valence-corrected chi connectivity index (χ1v) is 16.1. The number of hydrogen-bond acceptors (Lipinski definition) is 7. The van der Waals surface area contributed by atoms with Gasteiger partial charge in [0.25, 0.3) is 0 Å². The zero-order chi connectivity index (χ0) is 34.7. The quantitative estimate of drug-likeness (QED) is 0.105. The predicted molar refractivity (Wildman–Crippen MR) is 184 cm³/mol. The molecule has 0 fully saturated rings. The molecule has 48 heavy (non-hydrogen) atoms. The molecule has 252 valence electrons. The molecule has 3 aromatic carbocycles. The summed E-state index contributed by atoms with van der Waals surface area (Å²) in [6.45, 7) is 12.7. The van der Waals surface area contributed by atoms with Crippen molar-refractivity contribution < 1.29 is 33.4 Å². The number of benzene rings is 3. The fourth-order valence-corrected chi connectivity index (χ4v) is 5.69. The molecule has 1 aliphatic carbocycles. The largest absolute Gasteiger partial charge is 0.460 e. The van der Waals surface area contributed by atoms with Gasteiger partial charge in [0.15, 0.2) is 0 Å². The number of rotatable bonds is 15. The van der Waals surface area contributed by atoms with Crippen LogP contribution in [0.3, 0.4) is 0 Å². The molecule has 3 aromatic rings. The van der Waals surface area contributed by atoms with Crippen LogP contribution in [0.5, 0.6) is 0 Å². The molecule has 1 unspecified atom stereocenters. The number of alkyl carbamates (subject to hydrolysis) is 1. The van der Waals surface area contributed by atoms with E-state index in [4.69, 9.17) is 14.2 Å². The molecular formula is C39H44N2O7. The van der Waals surface area contributed by atoms with E-state index >= 15 is 0 Å². The van der Waals surface area contributed by atoms with Gasteiger partial charge in [0.05, 0.1) is 18.9 Å². The Morgan fingerprint density at radius 2 is 1.42 bits per heavy atom. The predicted octanol–water partition coefficient (Wildman–Crippen LogP) is 6.79. The van der Waals surface area contributed by atoms with E-state index in [0.29, 0.717) is 5.56 Å². The summed E-state index contributed by atoms with van der Waals surface area (Å²) >= 11 is 0. The highest BCUT2D eigenvalue weighted by molar-refractivity contribution is 5.84. The average molecular weight is 653 g/mol. The Labute approximate surface area is 282 Å². The second-order valence-corrected chi connectivity index (χ2v) is 12.6. The van der Waals surface area contributed by atoms with E-state index in [1.807, 2.05) is 42.5 Å². The minimum Gasteiger partial charge on any atom is -0.460 e. The summed E-state index contributed by atoms with van der Waals surface area (Å²) in [6.07, 6.45) is 1.64. The number of nitrogens with one attached hydrogen (secondary N) is 2. The lowest BCUT2D eigenvalue weighted by atomic mass is 9.98. The fraction of sp³-hybridized carbons (Fsp3) is 0.333. The Morgan fingerprint density at radius 3 is 2.00 bits per heavy atom. The van der Waals surface area contributed by atoms with Crippen molar-refractivity contribution >= 4 is 23.9 Å². The molecule has 0 radical (unpaired) electrons. The number of allylic oxidation sites excluding steroid dienone is 1. The summed E-state index contributed by atoms with van der Waals surface area (Å²) in [5.74, 6) is -2.48. The second kappa shape index (κ2) is 16.6. The van der Waals surface area contributed by atoms with Gasteiger partial charge >= 0.3 is 18.0 Å². The third kappa shape index (κ3) is 9.67. The number of hydrogen-bond donors (Lipinski definition) is 2. The SMILES string of the molecule is C=CCC(CC(=O)OC(C)(C)C)C(=O)NC[C@H](OC(=O)[C@H](CC=C)NC(=O)OCC1c2ccccc2-c2ccccc21)c1ccccc1. The maximum Gasteiger partial charge on any atom is 0.407 e. The third-order valence-electron chi connectivity index (χ3n) is 7.87. The Kier molecular flexibility index (Phi) is 12.3. The van der Waals surface area contributed by atoms with E-state index in [1.54, 1.807) is 51.1 Å². The minimum atomic E-state index is -1.08. The monoisotopic (exact) mass is 652 g/mol. The van der Waals surface area contributed by atoms with Crippen molar-refractivity contribution in [3.05, 3.63) is 121 Å². The highest BCUT2D eigenvalue weighted by Crippen LogP contribution is 2.44. The molecule has 0 saturated heterocycles. The van der Waals surface area contributed by atoms with Crippen molar-refractivity contribution in [3.63, 3.8) is 0 Å². The Bertz CT molecular complexity index is 1570. The lowest BCUT2D eigenvalue weighted by molar-refractivity contribution is -0.157. The molecule has 0 saturated carbocycles. The molecule has 1 aliphatic rings. The summed E-state index contributed by atoms with van der Waals surface area (Å²) < 4.78 is 16.9. The van der Waals surface area contributed by atoms with Crippen molar-refractivity contribution in [1.29, 1.82) is 0 Å². The lowest BCUT2D eigenvalue weighted by Crippen LogP contribution is -2.43. The molecule has 9 heteroatoms. The van der Waals surface area contributed by atoms with Crippen LogP contribution < -0.4 is 10.6 Å². The van der Waals surface area contributed by atoms with Crippen molar-refractivity contribution in [3.8, 4) is 11.1 Å². The number of ether oxygens (including phenoxy) is 3. The van der Waals surface area contributed by atoms with E-state index < -0.39 is 47.6 Å². The molecular weight excluding hydrogens is 608 g/mol. The maximum absolute atomic E-state index is 13.5. The van der Waals surface area contributed by atoms with Gasteiger partial charge in [-0.05, 0) is 61.4 Å². The van der Waals surface area contributed by atoms with Gasteiger partial charge in [-0.1, -0.05) is 91.0 Å². The zero-order valence-corrected chi connectivity index (χ0v) is 27.8. The van der Waals surface area contributed by atoms with Crippen molar-refractivity contribution in [2.75, 3.05) is 13.2 Å². The summed E-state index contributed by atoms with van der Waals surface area (Å²) in [6, 6.07) is 23.9. The van der Waals surface area contributed by atoms with Crippen LogP contribution >= 0.6 is 0 Å². The fourth-order valence-electron chi connectivity index (χ4n) is 5.69. The normalized spacial score (nSPS) is 13.9. The molecule has 0 heterocycles. The molecule has 0 aliphatic heterocycles. The molecule has 2 N–H and O–H groups in total. The number of carbonyl (C=O) groups is 4. The molecule has 0 bridgehead atoms. The summed E-state index contributed by atoms with van der Waals surface area (Å²) in [4.78, 5) is 52.1. The van der Waals surface area contributed by atoms with Crippen LogP contribution in [0, 0.1) is 5.92 Å². The highest BCUT2D eigenvalue weighted by atomic mass is 16.6. The van der Waals surface area contributed by atoms with Crippen molar-refractivity contribution in [2.45, 2.75) is 63.7 Å². The van der Waals surface area contributed by atoms with E-state index in [-0.39, 0.29) is 38.3 Å². The first kappa shape index (κ1) is 35.7. The van der Waals surface area contributed by atoms with Gasteiger partial charge in [0.2, 0.25) is 5.91 Å². The van der Waals surface area contributed by atoms with Gasteiger partial charge in [0.1, 0.15) is 24.4 Å². The first-order valence-electron chi connectivity index (χ1n) is 16.1. The van der Waals surface area contributed by atoms with Crippen LogP contribution in [0.2, 0.25) is 0 Å². The van der Waals surface area contributed by atoms with Gasteiger partial charge < -0.3 is 24.8 Å². The summed E-state index contributed by atoms with van der Waals surface area (Å²) in [5, 5.41) is 5.44. The summed E-state index contributed by atoms with van der Waals surface area (Å²) in [5.41, 5.74) is 4.31. The van der Waals surface area contributed by atoms with Crippen LogP contribution in [-0.2, 0) is 28.6 Å². The van der Waals surface area contributed by atoms with E-state index in [9.17, 15) is 19.2 Å². The maximum atomic E-state index is 13.5. The van der Waals surface area contributed by atoms with Crippen molar-refractivity contribution in [2.24, 2.45) is 5.92 Å². The zero-order valence-electron chi connectivity index (χ0n) is 27.8. The topological polar surface area (TPSA) is 120 Å². The minimum absolute atomic E-state index is 0.0672. The number of amides is 2. The van der Waals surface area contributed by atoms with Crippen LogP contribution in [-0.4, -0.2) is 48.7 Å². The molecule has 2 amide bonds. The molecule has 0 spiro atoms. The highest BCUT2D eigenvalue weighted by Gasteiger charge is 2.31. The average Bonchev–Trinajstić information content (AvgIpc) is 3.38. The Hall–Kier alpha value is -5.18. The second-order valence-electron chi connectivity index (χ2n) is 12.6. The number of fused-ring (bicyclic) bond motifs is 3. The van der Waals surface area contributed by atoms with Crippen LogP contribution in [0.4, 0.5) is 4.79 Å². The van der Waals surface area contributed by atoms with Gasteiger partial charge in [-0.3, -0.25) is 9.59 Å². The molecule has 0 aromatic heterocycles. The molecule has 4 rings (SSSR count). The van der Waals surface area contributed by atoms with Crippen molar-refractivity contribution in [1.82, 2.24) is 10.6 Å². The van der Waals surface area contributed by atoms with Gasteiger partial charge in [-0.25, -0.2) is 9.59 Å². The Balaban J connectivity index is 1.40. The van der Waals surface area contributed by atoms with Crippen LogP contribution in [0.1, 0.15) is 68.7 Å². The number of esters is 2. The van der Waals surface area contributed by atoms with Gasteiger partial charge in [-0.2, -0.15) is 0 Å². The van der Waals surface area contributed by atoms with Crippen LogP contribution in [0.25, 0.3) is 11.1 Å². The van der Waals surface area contributed by atoms with E-state index in [1.165, 1.54) is 6.08 Å². The third-order valence-corrected chi connectivity index (χ3v) is 7.87. The van der Waals surface area contributed by atoms with E-state index in [2.05, 4.69) is 35.9 Å². The Morgan fingerprint density at radius 1 is 0.833 bits per heavy atom. The van der Waals surface area contributed by atoms with Gasteiger partial charge in [0, 0.05) is 5.92 Å². The smallest absolute Gasteiger partial charge is 0.407 e. The molecule has 9 nitrogen and oxygen atoms in total. The van der Waals surface area contributed by atoms with Gasteiger partial charge in [-0.15, -0.1) is 13.2 Å². The van der Waals surface area contributed by atoms with E-state index in [0.717, 1.165) is 22.3 Å². The number of carbonyl (C=O) groups excluding carboxylic acids is 4. The standard InChI is InChI=1S/C39H44N2O7/c1-6-15-27(23-35(42)48-39(3,4)5)36(43)40-24-34(26-17-9-8-10-18-26)47-37(44)33(16-7-2)41-38(45)46-25-32-30-21-13-11-19-28(30)29-20-12-14-22-31(29)32/h6-14,17-22,27,32-34H,1-2,15-16,23-25H2,3-5H3,(H,40,43)(H,41,45)/t27?,33-,34-/m0/s1.